The van der Waals surface area contributed by atoms with Crippen molar-refractivity contribution in [1.29, 1.82) is 0 Å². The van der Waals surface area contributed by atoms with Crippen molar-refractivity contribution in [2.45, 2.75) is 26.1 Å². The molecule has 0 saturated carbocycles. The fourth-order valence-electron chi connectivity index (χ4n) is 2.88. The third kappa shape index (κ3) is 4.71. The van der Waals surface area contributed by atoms with Crippen LogP contribution in [0.15, 0.2) is 59.4 Å². The van der Waals surface area contributed by atoms with Gasteiger partial charge in [0.05, 0.1) is 17.3 Å². The summed E-state index contributed by atoms with van der Waals surface area (Å²) >= 11 is 5.86. The van der Waals surface area contributed by atoms with Crippen LogP contribution in [0.5, 0.6) is 0 Å². The lowest BCUT2D eigenvalue weighted by atomic mass is 10.1. The predicted molar refractivity (Wildman–Crippen MR) is 107 cm³/mol. The van der Waals surface area contributed by atoms with E-state index in [0.717, 1.165) is 28.4 Å². The molecule has 3 rings (SSSR count). The first-order valence-corrected chi connectivity index (χ1v) is 9.29. The van der Waals surface area contributed by atoms with Gasteiger partial charge in [-0.05, 0) is 49.7 Å². The highest BCUT2D eigenvalue weighted by Gasteiger charge is 2.30. The van der Waals surface area contributed by atoms with Crippen LogP contribution in [0.2, 0.25) is 5.02 Å². The molecule has 0 aliphatic rings. The minimum atomic E-state index is -4.53. The normalized spacial score (nSPS) is 12.5. The molecule has 1 N–H and O–H groups in total. The van der Waals surface area contributed by atoms with Gasteiger partial charge in [-0.15, -0.1) is 0 Å². The van der Waals surface area contributed by atoms with Gasteiger partial charge in [0.15, 0.2) is 5.69 Å². The van der Waals surface area contributed by atoms with Gasteiger partial charge in [0, 0.05) is 16.8 Å². The van der Waals surface area contributed by atoms with E-state index in [4.69, 9.17) is 11.6 Å². The van der Waals surface area contributed by atoms with E-state index < -0.39 is 34.8 Å². The van der Waals surface area contributed by atoms with Crippen LogP contribution in [-0.2, 0) is 6.18 Å². The minimum absolute atomic E-state index is 0.0853. The average Bonchev–Trinajstić information content (AvgIpc) is 2.68. The second-order valence-electron chi connectivity index (χ2n) is 6.71. The van der Waals surface area contributed by atoms with Gasteiger partial charge in [-0.25, -0.2) is 4.68 Å². The van der Waals surface area contributed by atoms with Crippen molar-refractivity contribution in [3.05, 3.63) is 92.4 Å². The van der Waals surface area contributed by atoms with E-state index in [2.05, 4.69) is 10.4 Å². The number of halogens is 4. The Hall–Kier alpha value is -3.13. The average molecular weight is 436 g/mol. The number of carbonyl (C=O) groups excluding carboxylic acids is 1. The number of aryl methyl sites for hydroxylation is 1. The number of hydrogen-bond donors (Lipinski definition) is 1. The fraction of sp³-hybridized carbons (Fsp3) is 0.190. The molecule has 1 amide bonds. The molecule has 156 valence electrons. The van der Waals surface area contributed by atoms with E-state index in [1.165, 1.54) is 19.1 Å². The molecule has 1 atom stereocenters. The van der Waals surface area contributed by atoms with E-state index in [9.17, 15) is 22.8 Å². The van der Waals surface area contributed by atoms with Gasteiger partial charge >= 0.3 is 6.18 Å². The molecule has 0 saturated heterocycles. The van der Waals surface area contributed by atoms with Gasteiger partial charge in [0.25, 0.3) is 5.91 Å². The minimum Gasteiger partial charge on any atom is -0.344 e. The molecule has 3 aromatic rings. The smallest absolute Gasteiger partial charge is 0.344 e. The van der Waals surface area contributed by atoms with Gasteiger partial charge in [0.2, 0.25) is 5.43 Å². The summed E-state index contributed by atoms with van der Waals surface area (Å²) in [5.41, 5.74) is -0.764. The molecule has 0 aliphatic heterocycles. The Morgan fingerprint density at radius 2 is 1.80 bits per heavy atom. The lowest BCUT2D eigenvalue weighted by molar-refractivity contribution is -0.137. The first-order chi connectivity index (χ1) is 14.1. The van der Waals surface area contributed by atoms with E-state index in [-0.39, 0.29) is 5.69 Å². The fourth-order valence-corrected chi connectivity index (χ4v) is 3.01. The number of nitrogens with zero attached hydrogens (tertiary/aromatic N) is 2. The largest absolute Gasteiger partial charge is 0.416 e. The zero-order chi connectivity index (χ0) is 22.1. The molecule has 1 heterocycles. The van der Waals surface area contributed by atoms with Crippen LogP contribution < -0.4 is 10.7 Å². The highest BCUT2D eigenvalue weighted by Crippen LogP contribution is 2.30. The maximum Gasteiger partial charge on any atom is 0.416 e. The van der Waals surface area contributed by atoms with E-state index in [1.807, 2.05) is 0 Å². The molecule has 0 spiro atoms. The molecule has 5 nitrogen and oxygen atoms in total. The molecule has 0 aliphatic carbocycles. The van der Waals surface area contributed by atoms with E-state index >= 15 is 0 Å². The SMILES string of the molecule is Cc1cc(=O)c(C(=O)NC(C)c2ccc(Cl)cc2)nn1-c1cccc(C(F)(F)F)c1. The quantitative estimate of drug-likeness (QED) is 0.645. The van der Waals surface area contributed by atoms with Gasteiger partial charge in [-0.1, -0.05) is 29.8 Å². The zero-order valence-electron chi connectivity index (χ0n) is 16.0. The Kier molecular flexibility index (Phi) is 5.98. The van der Waals surface area contributed by atoms with Crippen molar-refractivity contribution in [2.75, 3.05) is 0 Å². The second-order valence-corrected chi connectivity index (χ2v) is 7.14. The molecule has 0 fully saturated rings. The summed E-state index contributed by atoms with van der Waals surface area (Å²) in [6, 6.07) is 12.0. The molecule has 9 heteroatoms. The molecule has 30 heavy (non-hydrogen) atoms. The summed E-state index contributed by atoms with van der Waals surface area (Å²) in [5, 5.41) is 7.24. The monoisotopic (exact) mass is 435 g/mol. The standard InChI is InChI=1S/C21H17ClF3N3O2/c1-12-10-18(29)19(20(30)26-13(2)14-6-8-16(22)9-7-14)27-28(12)17-5-3-4-15(11-17)21(23,24)25/h3-11,13H,1-2H3,(H,26,30). The Bertz CT molecular complexity index is 1140. The maximum atomic E-state index is 13.0. The van der Waals surface area contributed by atoms with Crippen LogP contribution in [0.4, 0.5) is 13.2 Å². The first-order valence-electron chi connectivity index (χ1n) is 8.91. The molecule has 0 bridgehead atoms. The Morgan fingerprint density at radius 1 is 1.13 bits per heavy atom. The summed E-state index contributed by atoms with van der Waals surface area (Å²) in [5.74, 6) is -0.733. The van der Waals surface area contributed by atoms with E-state index in [1.54, 1.807) is 31.2 Å². The van der Waals surface area contributed by atoms with Crippen LogP contribution >= 0.6 is 11.6 Å². The molecule has 0 radical (unpaired) electrons. The summed E-state index contributed by atoms with van der Waals surface area (Å²) in [4.78, 5) is 25.0. The highest BCUT2D eigenvalue weighted by atomic mass is 35.5. The molecule has 2 aromatic carbocycles. The molecular weight excluding hydrogens is 419 g/mol. The maximum absolute atomic E-state index is 13.0. The Morgan fingerprint density at radius 3 is 2.43 bits per heavy atom. The number of nitrogens with one attached hydrogen (secondary N) is 1. The lowest BCUT2D eigenvalue weighted by Gasteiger charge is -2.16. The van der Waals surface area contributed by atoms with Crippen LogP contribution in [0.1, 0.15) is 40.3 Å². The van der Waals surface area contributed by atoms with Crippen LogP contribution in [0, 0.1) is 6.92 Å². The number of rotatable bonds is 4. The number of amides is 1. The Labute approximate surface area is 175 Å². The summed E-state index contributed by atoms with van der Waals surface area (Å²) in [6.45, 7) is 3.24. The van der Waals surface area contributed by atoms with Crippen LogP contribution in [0.25, 0.3) is 5.69 Å². The van der Waals surface area contributed by atoms with E-state index in [0.29, 0.717) is 10.7 Å². The van der Waals surface area contributed by atoms with Gasteiger partial charge in [0.1, 0.15) is 0 Å². The van der Waals surface area contributed by atoms with Crippen LogP contribution in [-0.4, -0.2) is 15.7 Å². The molecule has 1 aromatic heterocycles. The van der Waals surface area contributed by atoms with Gasteiger partial charge in [-0.3, -0.25) is 9.59 Å². The number of alkyl halides is 3. The first kappa shape index (κ1) is 21.6. The number of aromatic nitrogens is 2. The highest BCUT2D eigenvalue weighted by molar-refractivity contribution is 6.30. The van der Waals surface area contributed by atoms with Crippen LogP contribution in [0.3, 0.4) is 0 Å². The van der Waals surface area contributed by atoms with Crippen molar-refractivity contribution in [2.24, 2.45) is 0 Å². The third-order valence-electron chi connectivity index (χ3n) is 4.46. The number of carbonyl (C=O) groups is 1. The summed E-state index contributed by atoms with van der Waals surface area (Å²) in [7, 11) is 0. The van der Waals surface area contributed by atoms with Gasteiger partial charge < -0.3 is 5.32 Å². The number of benzene rings is 2. The predicted octanol–water partition coefficient (Wildman–Crippen LogP) is 4.70. The van der Waals surface area contributed by atoms with Crippen molar-refractivity contribution in [3.8, 4) is 5.69 Å². The van der Waals surface area contributed by atoms with Crippen molar-refractivity contribution >= 4 is 17.5 Å². The third-order valence-corrected chi connectivity index (χ3v) is 4.71. The zero-order valence-corrected chi connectivity index (χ0v) is 16.8. The molecular formula is C21H17ClF3N3O2. The second kappa shape index (κ2) is 8.31. The molecule has 1 unspecified atom stereocenters. The lowest BCUT2D eigenvalue weighted by Crippen LogP contribution is -2.33. The summed E-state index contributed by atoms with van der Waals surface area (Å²) < 4.78 is 40.2. The topological polar surface area (TPSA) is 64.0 Å². The van der Waals surface area contributed by atoms with Crippen molar-refractivity contribution < 1.29 is 18.0 Å². The van der Waals surface area contributed by atoms with Crippen molar-refractivity contribution in [1.82, 2.24) is 15.1 Å². The van der Waals surface area contributed by atoms with Crippen molar-refractivity contribution in [3.63, 3.8) is 0 Å². The number of hydrogen-bond acceptors (Lipinski definition) is 3. The Balaban J connectivity index is 1.94. The summed E-state index contributed by atoms with van der Waals surface area (Å²) in [6.07, 6.45) is -4.53. The van der Waals surface area contributed by atoms with Gasteiger partial charge in [-0.2, -0.15) is 18.3 Å².